The summed E-state index contributed by atoms with van der Waals surface area (Å²) in [5.74, 6) is -0.114. The summed E-state index contributed by atoms with van der Waals surface area (Å²) in [7, 11) is 0. The van der Waals surface area contributed by atoms with Gasteiger partial charge in [-0.05, 0) is 56.0 Å². The van der Waals surface area contributed by atoms with Crippen LogP contribution in [0.2, 0.25) is 0 Å². The van der Waals surface area contributed by atoms with E-state index in [1.807, 2.05) is 18.2 Å². The minimum absolute atomic E-state index is 0.114. The van der Waals surface area contributed by atoms with E-state index in [0.29, 0.717) is 12.0 Å². The lowest BCUT2D eigenvalue weighted by molar-refractivity contribution is 0.0407. The van der Waals surface area contributed by atoms with Crippen molar-refractivity contribution in [1.29, 1.82) is 0 Å². The Morgan fingerprint density at radius 1 is 1.04 bits per heavy atom. The summed E-state index contributed by atoms with van der Waals surface area (Å²) < 4.78 is 14.3. The van der Waals surface area contributed by atoms with E-state index >= 15 is 0 Å². The highest BCUT2D eigenvalue weighted by Gasteiger charge is 2.35. The number of likely N-dealkylation sites (tertiary alicyclic amines) is 1. The molecule has 0 aliphatic carbocycles. The first-order valence-electron chi connectivity index (χ1n) is 8.73. The number of hydrogen-bond donors (Lipinski definition) is 1. The smallest absolute Gasteiger partial charge is 0.129 e. The largest absolute Gasteiger partial charge is 0.396 e. The van der Waals surface area contributed by atoms with E-state index in [2.05, 4.69) is 29.2 Å². The van der Waals surface area contributed by atoms with Crippen LogP contribution in [0.15, 0.2) is 48.5 Å². The van der Waals surface area contributed by atoms with Crippen molar-refractivity contribution in [3.63, 3.8) is 0 Å². The van der Waals surface area contributed by atoms with E-state index in [1.54, 1.807) is 13.0 Å². The number of hydrogen-bond acceptors (Lipinski definition) is 2. The number of aryl methyl sites for hydroxylation is 1. The van der Waals surface area contributed by atoms with E-state index < -0.39 is 0 Å². The van der Waals surface area contributed by atoms with E-state index in [1.165, 1.54) is 5.56 Å². The lowest BCUT2D eigenvalue weighted by Gasteiger charge is -2.41. The lowest BCUT2D eigenvalue weighted by Crippen LogP contribution is -2.43. The molecule has 3 rings (SSSR count). The van der Waals surface area contributed by atoms with Crippen LogP contribution in [0.3, 0.4) is 0 Å². The van der Waals surface area contributed by atoms with Crippen LogP contribution in [0.5, 0.6) is 0 Å². The van der Waals surface area contributed by atoms with Gasteiger partial charge in [0.05, 0.1) is 0 Å². The number of nitrogens with zero attached hydrogens (tertiary/aromatic N) is 1. The molecule has 3 heteroatoms. The summed E-state index contributed by atoms with van der Waals surface area (Å²) in [5.41, 5.74) is 2.54. The van der Waals surface area contributed by atoms with Crippen molar-refractivity contribution in [3.05, 3.63) is 71.0 Å². The zero-order chi connectivity index (χ0) is 17.0. The predicted molar refractivity (Wildman–Crippen MR) is 95.3 cm³/mol. The van der Waals surface area contributed by atoms with Crippen LogP contribution in [-0.4, -0.2) is 29.7 Å². The van der Waals surface area contributed by atoms with Crippen molar-refractivity contribution in [1.82, 2.24) is 4.90 Å². The minimum Gasteiger partial charge on any atom is -0.396 e. The van der Waals surface area contributed by atoms with Gasteiger partial charge in [-0.15, -0.1) is 0 Å². The second kappa shape index (κ2) is 7.45. The van der Waals surface area contributed by atoms with E-state index in [9.17, 15) is 9.50 Å². The molecule has 1 aliphatic rings. The van der Waals surface area contributed by atoms with Crippen LogP contribution in [0.1, 0.15) is 29.5 Å². The highest BCUT2D eigenvalue weighted by molar-refractivity contribution is 5.26. The molecular weight excluding hydrogens is 301 g/mol. The predicted octanol–water partition coefficient (Wildman–Crippen LogP) is 3.95. The van der Waals surface area contributed by atoms with Crippen molar-refractivity contribution < 1.29 is 9.50 Å². The summed E-state index contributed by atoms with van der Waals surface area (Å²) in [4.78, 5) is 2.43. The Morgan fingerprint density at radius 3 is 2.42 bits per heavy atom. The molecule has 1 aliphatic heterocycles. The number of aliphatic hydroxyl groups is 1. The van der Waals surface area contributed by atoms with Crippen LogP contribution >= 0.6 is 0 Å². The van der Waals surface area contributed by atoms with Gasteiger partial charge in [0.25, 0.3) is 0 Å². The Kier molecular flexibility index (Phi) is 5.32. The molecular formula is C21H26FNO. The van der Waals surface area contributed by atoms with Crippen LogP contribution in [0.4, 0.5) is 4.39 Å². The monoisotopic (exact) mass is 327 g/mol. The second-order valence-electron chi connectivity index (χ2n) is 7.14. The van der Waals surface area contributed by atoms with Crippen molar-refractivity contribution in [3.8, 4) is 0 Å². The molecule has 0 radical (unpaired) electrons. The average Bonchev–Trinajstić information content (AvgIpc) is 2.62. The maximum absolute atomic E-state index is 14.3. The number of halogens is 1. The fourth-order valence-electron chi connectivity index (χ4n) is 3.67. The van der Waals surface area contributed by atoms with Gasteiger partial charge in [-0.1, -0.05) is 48.5 Å². The van der Waals surface area contributed by atoms with Crippen LogP contribution in [-0.2, 0) is 13.0 Å². The average molecular weight is 327 g/mol. The molecule has 1 N–H and O–H groups in total. The molecule has 1 saturated heterocycles. The number of rotatable bonds is 5. The molecule has 0 amide bonds. The fraction of sp³-hybridized carbons (Fsp3) is 0.429. The molecule has 2 aromatic rings. The Hall–Kier alpha value is -1.71. The molecule has 2 aromatic carbocycles. The zero-order valence-corrected chi connectivity index (χ0v) is 14.3. The Morgan fingerprint density at radius 2 is 1.75 bits per heavy atom. The molecule has 1 heterocycles. The normalized spacial score (nSPS) is 17.8. The second-order valence-corrected chi connectivity index (χ2v) is 7.14. The maximum Gasteiger partial charge on any atom is 0.129 e. The van der Waals surface area contributed by atoms with Crippen molar-refractivity contribution in [2.75, 3.05) is 19.7 Å². The zero-order valence-electron chi connectivity index (χ0n) is 14.3. The van der Waals surface area contributed by atoms with Gasteiger partial charge in [0, 0.05) is 18.6 Å². The topological polar surface area (TPSA) is 23.5 Å². The third-order valence-corrected chi connectivity index (χ3v) is 5.34. The molecule has 24 heavy (non-hydrogen) atoms. The first-order chi connectivity index (χ1) is 11.6. The van der Waals surface area contributed by atoms with Gasteiger partial charge in [-0.3, -0.25) is 4.90 Å². The van der Waals surface area contributed by atoms with Gasteiger partial charge in [-0.25, -0.2) is 4.39 Å². The van der Waals surface area contributed by atoms with Gasteiger partial charge in [0.2, 0.25) is 0 Å². The standard InChI is InChI=1S/C21H26FNO/c1-17-6-5-9-19(20(17)22)14-21(16-24)10-12-23(13-11-21)15-18-7-3-2-4-8-18/h2-9,24H,10-16H2,1H3. The van der Waals surface area contributed by atoms with Crippen LogP contribution < -0.4 is 0 Å². The summed E-state index contributed by atoms with van der Waals surface area (Å²) in [6.45, 7) is 4.76. The summed E-state index contributed by atoms with van der Waals surface area (Å²) in [5, 5.41) is 10.00. The van der Waals surface area contributed by atoms with Gasteiger partial charge in [-0.2, -0.15) is 0 Å². The van der Waals surface area contributed by atoms with Crippen molar-refractivity contribution in [2.24, 2.45) is 5.41 Å². The number of aliphatic hydroxyl groups excluding tert-OH is 1. The van der Waals surface area contributed by atoms with E-state index in [4.69, 9.17) is 0 Å². The van der Waals surface area contributed by atoms with Gasteiger partial charge < -0.3 is 5.11 Å². The molecule has 0 atom stereocenters. The Balaban J connectivity index is 1.64. The van der Waals surface area contributed by atoms with Gasteiger partial charge >= 0.3 is 0 Å². The fourth-order valence-corrected chi connectivity index (χ4v) is 3.67. The summed E-state index contributed by atoms with van der Waals surface area (Å²) in [6, 6.07) is 16.0. The maximum atomic E-state index is 14.3. The summed E-state index contributed by atoms with van der Waals surface area (Å²) >= 11 is 0. The van der Waals surface area contributed by atoms with Gasteiger partial charge in [0.15, 0.2) is 0 Å². The van der Waals surface area contributed by atoms with Gasteiger partial charge in [0.1, 0.15) is 5.82 Å². The molecule has 0 aromatic heterocycles. The minimum atomic E-state index is -0.193. The molecule has 0 unspecified atom stereocenters. The molecule has 128 valence electrons. The van der Waals surface area contributed by atoms with Crippen LogP contribution in [0.25, 0.3) is 0 Å². The van der Waals surface area contributed by atoms with E-state index in [-0.39, 0.29) is 17.8 Å². The van der Waals surface area contributed by atoms with Crippen molar-refractivity contribution >= 4 is 0 Å². The molecule has 0 spiro atoms. The van der Waals surface area contributed by atoms with Crippen molar-refractivity contribution in [2.45, 2.75) is 32.7 Å². The third kappa shape index (κ3) is 3.85. The Labute approximate surface area is 143 Å². The number of piperidine rings is 1. The third-order valence-electron chi connectivity index (χ3n) is 5.34. The van der Waals surface area contributed by atoms with E-state index in [0.717, 1.165) is 38.0 Å². The summed E-state index contributed by atoms with van der Waals surface area (Å²) in [6.07, 6.45) is 2.43. The van der Waals surface area contributed by atoms with Crippen LogP contribution in [0, 0.1) is 18.2 Å². The molecule has 0 bridgehead atoms. The Bertz CT molecular complexity index is 663. The SMILES string of the molecule is Cc1cccc(CC2(CO)CCN(Cc3ccccc3)CC2)c1F. The molecule has 1 fully saturated rings. The highest BCUT2D eigenvalue weighted by Crippen LogP contribution is 2.36. The molecule has 2 nitrogen and oxygen atoms in total. The number of benzene rings is 2. The highest BCUT2D eigenvalue weighted by atomic mass is 19.1. The molecule has 0 saturated carbocycles. The lowest BCUT2D eigenvalue weighted by atomic mass is 9.74. The quantitative estimate of drug-likeness (QED) is 0.899. The first-order valence-corrected chi connectivity index (χ1v) is 8.73. The first kappa shape index (κ1) is 17.1.